The number of hydrogen-bond donors (Lipinski definition) is 2. The highest BCUT2D eigenvalue weighted by Gasteiger charge is 2.14. The Morgan fingerprint density at radius 2 is 2.06 bits per heavy atom. The van der Waals surface area contributed by atoms with Crippen molar-refractivity contribution in [1.82, 2.24) is 15.2 Å². The zero-order valence-corrected chi connectivity index (χ0v) is 11.2. The van der Waals surface area contributed by atoms with E-state index in [9.17, 15) is 14.4 Å². The summed E-state index contributed by atoms with van der Waals surface area (Å²) in [5, 5.41) is 5.66. The summed E-state index contributed by atoms with van der Waals surface area (Å²) in [6.07, 6.45) is -0.181. The molecule has 0 saturated heterocycles. The number of carbonyl (C=O) groups is 1. The van der Waals surface area contributed by atoms with Crippen molar-refractivity contribution < 1.29 is 9.53 Å². The van der Waals surface area contributed by atoms with E-state index < -0.39 is 17.2 Å². The van der Waals surface area contributed by atoms with Gasteiger partial charge >= 0.3 is 11.7 Å². The van der Waals surface area contributed by atoms with E-state index in [1.807, 2.05) is 18.8 Å². The lowest BCUT2D eigenvalue weighted by atomic mass is 10.1. The van der Waals surface area contributed by atoms with Crippen LogP contribution in [0.25, 0.3) is 0 Å². The Balaban J connectivity index is 2.53. The predicted octanol–water partition coefficient (Wildman–Crippen LogP) is 0.138. The van der Waals surface area contributed by atoms with Crippen molar-refractivity contribution in [3.8, 4) is 0 Å². The number of esters is 1. The Bertz CT molecular complexity index is 522. The van der Waals surface area contributed by atoms with Gasteiger partial charge < -0.3 is 4.74 Å². The van der Waals surface area contributed by atoms with Gasteiger partial charge in [0, 0.05) is 0 Å². The minimum atomic E-state index is -0.680. The molecule has 0 bridgehead atoms. The minimum absolute atomic E-state index is 0.0286. The van der Waals surface area contributed by atoms with Crippen molar-refractivity contribution in [3.63, 3.8) is 0 Å². The van der Waals surface area contributed by atoms with Crippen LogP contribution in [0.5, 0.6) is 0 Å². The Morgan fingerprint density at radius 3 is 2.61 bits per heavy atom. The molecule has 0 amide bonds. The lowest BCUT2D eigenvalue weighted by Gasteiger charge is -2.16. The van der Waals surface area contributed by atoms with Gasteiger partial charge in [0.05, 0.1) is 5.75 Å². The van der Waals surface area contributed by atoms with Crippen LogP contribution in [0.4, 0.5) is 0 Å². The molecule has 7 nitrogen and oxygen atoms in total. The Kier molecular flexibility index (Phi) is 5.14. The molecule has 1 unspecified atom stereocenters. The molecule has 0 radical (unpaired) electrons. The number of carbonyl (C=O) groups excluding carboxylic acids is 1. The molecular weight excluding hydrogens is 258 g/mol. The van der Waals surface area contributed by atoms with Crippen LogP contribution in [0, 0.1) is 5.92 Å². The van der Waals surface area contributed by atoms with Crippen LogP contribution in [-0.4, -0.2) is 33.0 Å². The highest BCUT2D eigenvalue weighted by molar-refractivity contribution is 7.99. The van der Waals surface area contributed by atoms with E-state index in [2.05, 4.69) is 10.2 Å². The van der Waals surface area contributed by atoms with Gasteiger partial charge in [0.1, 0.15) is 6.10 Å². The molecule has 0 spiro atoms. The number of ether oxygens (including phenoxy) is 1. The first kappa shape index (κ1) is 14.5. The first-order chi connectivity index (χ1) is 8.40. The van der Waals surface area contributed by atoms with Gasteiger partial charge in [0.2, 0.25) is 0 Å². The van der Waals surface area contributed by atoms with Gasteiger partial charge in [0.15, 0.2) is 5.03 Å². The molecule has 1 atom stereocenters. The SMILES string of the molecule is CC(C)C(C)OC(=O)CSc1n[nH]c(=O)[nH]c1=O. The van der Waals surface area contributed by atoms with Crippen LogP contribution >= 0.6 is 11.8 Å². The third-order valence-electron chi connectivity index (χ3n) is 2.26. The van der Waals surface area contributed by atoms with Crippen LogP contribution in [-0.2, 0) is 9.53 Å². The Morgan fingerprint density at radius 1 is 1.39 bits per heavy atom. The van der Waals surface area contributed by atoms with Gasteiger partial charge in [-0.2, -0.15) is 5.10 Å². The third-order valence-corrected chi connectivity index (χ3v) is 3.19. The average molecular weight is 273 g/mol. The van der Waals surface area contributed by atoms with Gasteiger partial charge in [-0.15, -0.1) is 0 Å². The molecule has 1 rings (SSSR count). The fourth-order valence-corrected chi connectivity index (χ4v) is 1.55. The predicted molar refractivity (Wildman–Crippen MR) is 66.6 cm³/mol. The Labute approximate surface area is 107 Å². The van der Waals surface area contributed by atoms with Gasteiger partial charge in [-0.1, -0.05) is 25.6 Å². The quantitative estimate of drug-likeness (QED) is 0.584. The fraction of sp³-hybridized carbons (Fsp3) is 0.600. The van der Waals surface area contributed by atoms with E-state index in [1.165, 1.54) is 0 Å². The third kappa shape index (κ3) is 4.36. The summed E-state index contributed by atoms with van der Waals surface area (Å²) in [6.45, 7) is 5.69. The standard InChI is InChI=1S/C10H15N3O4S/c1-5(2)6(3)17-7(14)4-18-9-8(15)11-10(16)13-12-9/h5-6H,4H2,1-3H3,(H2,11,13,15,16). The second kappa shape index (κ2) is 6.39. The number of hydrogen-bond acceptors (Lipinski definition) is 6. The zero-order chi connectivity index (χ0) is 13.7. The normalized spacial score (nSPS) is 12.4. The summed E-state index contributed by atoms with van der Waals surface area (Å²) >= 11 is 0.918. The fourth-order valence-electron chi connectivity index (χ4n) is 0.939. The summed E-state index contributed by atoms with van der Waals surface area (Å²) in [4.78, 5) is 35.5. The number of aromatic nitrogens is 3. The van der Waals surface area contributed by atoms with Crippen molar-refractivity contribution >= 4 is 17.7 Å². The molecule has 0 aliphatic carbocycles. The molecule has 1 aromatic rings. The lowest BCUT2D eigenvalue weighted by Crippen LogP contribution is -2.26. The van der Waals surface area contributed by atoms with Gasteiger partial charge in [-0.25, -0.2) is 9.89 Å². The van der Waals surface area contributed by atoms with Crippen LogP contribution in [0.1, 0.15) is 20.8 Å². The number of aromatic amines is 2. The largest absolute Gasteiger partial charge is 0.462 e. The summed E-state index contributed by atoms with van der Waals surface area (Å²) in [5.74, 6) is -0.221. The maximum atomic E-state index is 11.5. The smallest absolute Gasteiger partial charge is 0.342 e. The molecule has 8 heteroatoms. The summed E-state index contributed by atoms with van der Waals surface area (Å²) in [5.41, 5.74) is -1.30. The minimum Gasteiger partial charge on any atom is -0.462 e. The van der Waals surface area contributed by atoms with Crippen LogP contribution < -0.4 is 11.2 Å². The monoisotopic (exact) mass is 273 g/mol. The average Bonchev–Trinajstić information content (AvgIpc) is 2.27. The summed E-state index contributed by atoms with van der Waals surface area (Å²) < 4.78 is 5.13. The molecule has 100 valence electrons. The van der Waals surface area contributed by atoms with Crippen LogP contribution in [0.15, 0.2) is 14.6 Å². The van der Waals surface area contributed by atoms with Crippen LogP contribution in [0.2, 0.25) is 0 Å². The summed E-state index contributed by atoms with van der Waals surface area (Å²) in [7, 11) is 0. The Hall–Kier alpha value is -1.57. The van der Waals surface area contributed by atoms with Crippen molar-refractivity contribution in [3.05, 3.63) is 20.8 Å². The lowest BCUT2D eigenvalue weighted by molar-refractivity contribution is -0.146. The maximum absolute atomic E-state index is 11.5. The molecule has 0 saturated carbocycles. The molecule has 2 N–H and O–H groups in total. The zero-order valence-electron chi connectivity index (χ0n) is 10.4. The molecule has 0 aromatic carbocycles. The number of nitrogens with one attached hydrogen (secondary N) is 2. The number of nitrogens with zero attached hydrogens (tertiary/aromatic N) is 1. The van der Waals surface area contributed by atoms with E-state index >= 15 is 0 Å². The highest BCUT2D eigenvalue weighted by atomic mass is 32.2. The second-order valence-corrected chi connectivity index (χ2v) is 5.00. The van der Waals surface area contributed by atoms with Crippen molar-refractivity contribution in [2.45, 2.75) is 31.9 Å². The summed E-state index contributed by atoms with van der Waals surface area (Å²) in [6, 6.07) is 0. The van der Waals surface area contributed by atoms with E-state index in [-0.39, 0.29) is 22.8 Å². The molecule has 1 aromatic heterocycles. The first-order valence-electron chi connectivity index (χ1n) is 5.41. The molecule has 0 fully saturated rings. The second-order valence-electron chi connectivity index (χ2n) is 4.04. The van der Waals surface area contributed by atoms with Gasteiger partial charge in [-0.05, 0) is 12.8 Å². The van der Waals surface area contributed by atoms with Gasteiger partial charge in [-0.3, -0.25) is 14.6 Å². The van der Waals surface area contributed by atoms with E-state index in [4.69, 9.17) is 4.74 Å². The van der Waals surface area contributed by atoms with Crippen LogP contribution in [0.3, 0.4) is 0 Å². The molecule has 0 aliphatic rings. The first-order valence-corrected chi connectivity index (χ1v) is 6.40. The highest BCUT2D eigenvalue weighted by Crippen LogP contribution is 2.11. The van der Waals surface area contributed by atoms with E-state index in [1.54, 1.807) is 6.92 Å². The van der Waals surface area contributed by atoms with E-state index in [0.717, 1.165) is 11.8 Å². The molecular formula is C10H15N3O4S. The maximum Gasteiger partial charge on any atom is 0.342 e. The number of H-pyrrole nitrogens is 2. The topological polar surface area (TPSA) is 105 Å². The van der Waals surface area contributed by atoms with Crippen molar-refractivity contribution in [2.75, 3.05) is 5.75 Å². The molecule has 1 heterocycles. The van der Waals surface area contributed by atoms with Crippen molar-refractivity contribution in [2.24, 2.45) is 5.92 Å². The number of thioether (sulfide) groups is 1. The molecule has 18 heavy (non-hydrogen) atoms. The number of rotatable bonds is 5. The van der Waals surface area contributed by atoms with Gasteiger partial charge in [0.25, 0.3) is 5.56 Å². The van der Waals surface area contributed by atoms with E-state index in [0.29, 0.717) is 0 Å². The molecule has 0 aliphatic heterocycles. The van der Waals surface area contributed by atoms with Crippen molar-refractivity contribution in [1.29, 1.82) is 0 Å².